The highest BCUT2D eigenvalue weighted by Crippen LogP contribution is 2.18. The topological polar surface area (TPSA) is 32.3 Å². The Balaban J connectivity index is 0.000000861. The summed E-state index contributed by atoms with van der Waals surface area (Å²) in [6, 6.07) is 7.96. The number of carbonyl (C=O) groups is 1. The third-order valence-electron chi connectivity index (χ3n) is 3.41. The molecule has 1 N–H and O–H groups in total. The Bertz CT molecular complexity index is 378. The quantitative estimate of drug-likeness (QED) is 0.887. The number of benzene rings is 1. The highest BCUT2D eigenvalue weighted by Gasteiger charge is 2.23. The van der Waals surface area contributed by atoms with Crippen molar-refractivity contribution in [2.75, 3.05) is 25.5 Å². The molecule has 1 saturated heterocycles. The van der Waals surface area contributed by atoms with Crippen LogP contribution in [0.2, 0.25) is 0 Å². The van der Waals surface area contributed by atoms with Gasteiger partial charge in [0.25, 0.3) is 0 Å². The lowest BCUT2D eigenvalue weighted by Gasteiger charge is -2.28. The molecule has 0 bridgehead atoms. The van der Waals surface area contributed by atoms with Crippen LogP contribution in [0.15, 0.2) is 24.3 Å². The van der Waals surface area contributed by atoms with Crippen LogP contribution in [0.4, 0.5) is 5.69 Å². The van der Waals surface area contributed by atoms with E-state index in [0.29, 0.717) is 0 Å². The number of carbonyl (C=O) groups excluding carboxylic acids is 1. The van der Waals surface area contributed by atoms with Gasteiger partial charge < -0.3 is 10.2 Å². The standard InChI is InChI=1S/C14H20N2O.C2H6/c1-11-3-5-13(6-4-11)15-14(17)12-7-9-16(2)10-8-12;1-2/h3-6,12H,7-10H2,1-2H3,(H,15,17);1-2H3. The molecule has 1 fully saturated rings. The Morgan fingerprint density at radius 1 is 1.16 bits per heavy atom. The lowest BCUT2D eigenvalue weighted by atomic mass is 9.96. The first kappa shape index (κ1) is 15.7. The third kappa shape index (κ3) is 5.03. The number of piperidine rings is 1. The van der Waals surface area contributed by atoms with Gasteiger partial charge in [-0.15, -0.1) is 0 Å². The van der Waals surface area contributed by atoms with Crippen LogP contribution in [0.1, 0.15) is 32.3 Å². The predicted octanol–water partition coefficient (Wildman–Crippen LogP) is 3.30. The number of nitrogens with one attached hydrogen (secondary N) is 1. The van der Waals surface area contributed by atoms with Gasteiger partial charge in [-0.05, 0) is 52.0 Å². The molecule has 0 atom stereocenters. The molecule has 0 unspecified atom stereocenters. The highest BCUT2D eigenvalue weighted by molar-refractivity contribution is 5.92. The first-order valence-corrected chi connectivity index (χ1v) is 7.21. The third-order valence-corrected chi connectivity index (χ3v) is 3.41. The summed E-state index contributed by atoms with van der Waals surface area (Å²) in [4.78, 5) is 14.3. The van der Waals surface area contributed by atoms with Gasteiger partial charge in [0.15, 0.2) is 0 Å². The molecule has 1 amide bonds. The molecule has 0 aromatic heterocycles. The zero-order chi connectivity index (χ0) is 14.3. The van der Waals surface area contributed by atoms with Crippen molar-refractivity contribution in [1.29, 1.82) is 0 Å². The molecule has 1 aromatic rings. The number of aryl methyl sites for hydroxylation is 1. The Morgan fingerprint density at radius 2 is 1.68 bits per heavy atom. The van der Waals surface area contributed by atoms with Crippen molar-refractivity contribution in [2.45, 2.75) is 33.6 Å². The number of rotatable bonds is 2. The molecule has 1 aliphatic rings. The van der Waals surface area contributed by atoms with Crippen LogP contribution in [-0.2, 0) is 4.79 Å². The summed E-state index contributed by atoms with van der Waals surface area (Å²) < 4.78 is 0. The normalized spacial score (nSPS) is 16.4. The van der Waals surface area contributed by atoms with Crippen LogP contribution < -0.4 is 5.32 Å². The van der Waals surface area contributed by atoms with Crippen LogP contribution in [0.5, 0.6) is 0 Å². The van der Waals surface area contributed by atoms with E-state index in [9.17, 15) is 4.79 Å². The molecule has 106 valence electrons. The van der Waals surface area contributed by atoms with Crippen LogP contribution in [0.3, 0.4) is 0 Å². The number of anilines is 1. The van der Waals surface area contributed by atoms with E-state index in [1.165, 1.54) is 5.56 Å². The van der Waals surface area contributed by atoms with Crippen LogP contribution >= 0.6 is 0 Å². The van der Waals surface area contributed by atoms with E-state index in [1.807, 2.05) is 45.0 Å². The summed E-state index contributed by atoms with van der Waals surface area (Å²) in [5.74, 6) is 0.342. The smallest absolute Gasteiger partial charge is 0.227 e. The molecular weight excluding hydrogens is 236 g/mol. The lowest BCUT2D eigenvalue weighted by molar-refractivity contribution is -0.121. The van der Waals surface area contributed by atoms with Crippen molar-refractivity contribution in [2.24, 2.45) is 5.92 Å². The Hall–Kier alpha value is -1.35. The molecule has 0 spiro atoms. The fourth-order valence-electron chi connectivity index (χ4n) is 2.15. The molecular formula is C16H26N2O. The van der Waals surface area contributed by atoms with Crippen molar-refractivity contribution in [3.63, 3.8) is 0 Å². The van der Waals surface area contributed by atoms with Crippen molar-refractivity contribution < 1.29 is 4.79 Å². The summed E-state index contributed by atoms with van der Waals surface area (Å²) in [6.45, 7) is 8.08. The first-order valence-electron chi connectivity index (χ1n) is 7.21. The maximum Gasteiger partial charge on any atom is 0.227 e. The summed E-state index contributed by atoms with van der Waals surface area (Å²) in [7, 11) is 2.11. The number of likely N-dealkylation sites (tertiary alicyclic amines) is 1. The van der Waals surface area contributed by atoms with Crippen LogP contribution in [0, 0.1) is 12.8 Å². The summed E-state index contributed by atoms with van der Waals surface area (Å²) in [6.07, 6.45) is 1.93. The second-order valence-electron chi connectivity index (χ2n) is 4.93. The van der Waals surface area contributed by atoms with Gasteiger partial charge in [0.05, 0.1) is 0 Å². The van der Waals surface area contributed by atoms with E-state index in [-0.39, 0.29) is 11.8 Å². The van der Waals surface area contributed by atoms with Gasteiger partial charge in [-0.3, -0.25) is 4.79 Å². The Kier molecular flexibility index (Phi) is 6.57. The SMILES string of the molecule is CC.Cc1ccc(NC(=O)C2CCN(C)CC2)cc1. The number of nitrogens with zero attached hydrogens (tertiary/aromatic N) is 1. The largest absolute Gasteiger partial charge is 0.326 e. The highest BCUT2D eigenvalue weighted by atomic mass is 16.1. The molecule has 1 heterocycles. The van der Waals surface area contributed by atoms with Crippen molar-refractivity contribution in [3.05, 3.63) is 29.8 Å². The maximum absolute atomic E-state index is 12.0. The van der Waals surface area contributed by atoms with Crippen LogP contribution in [0.25, 0.3) is 0 Å². The van der Waals surface area contributed by atoms with Crippen molar-refractivity contribution in [3.8, 4) is 0 Å². The van der Waals surface area contributed by atoms with Crippen molar-refractivity contribution >= 4 is 11.6 Å². The molecule has 2 rings (SSSR count). The molecule has 1 aromatic carbocycles. The van der Waals surface area contributed by atoms with Crippen molar-refractivity contribution in [1.82, 2.24) is 4.90 Å². The van der Waals surface area contributed by atoms with Gasteiger partial charge in [-0.25, -0.2) is 0 Å². The average molecular weight is 262 g/mol. The zero-order valence-corrected chi connectivity index (χ0v) is 12.6. The second-order valence-corrected chi connectivity index (χ2v) is 4.93. The molecule has 1 aliphatic heterocycles. The maximum atomic E-state index is 12.0. The molecule has 0 radical (unpaired) electrons. The van der Waals surface area contributed by atoms with E-state index in [2.05, 4.69) is 17.3 Å². The zero-order valence-electron chi connectivity index (χ0n) is 12.6. The summed E-state index contributed by atoms with van der Waals surface area (Å²) in [5.41, 5.74) is 2.11. The number of hydrogen-bond donors (Lipinski definition) is 1. The molecule has 3 heteroatoms. The fraction of sp³-hybridized carbons (Fsp3) is 0.562. The van der Waals surface area contributed by atoms with E-state index in [0.717, 1.165) is 31.6 Å². The first-order chi connectivity index (χ1) is 9.15. The minimum absolute atomic E-state index is 0.168. The summed E-state index contributed by atoms with van der Waals surface area (Å²) >= 11 is 0. The second kappa shape index (κ2) is 7.95. The monoisotopic (exact) mass is 262 g/mol. The van der Waals surface area contributed by atoms with E-state index < -0.39 is 0 Å². The predicted molar refractivity (Wildman–Crippen MR) is 81.4 cm³/mol. The minimum Gasteiger partial charge on any atom is -0.326 e. The molecule has 19 heavy (non-hydrogen) atoms. The lowest BCUT2D eigenvalue weighted by Crippen LogP contribution is -2.35. The average Bonchev–Trinajstić information content (AvgIpc) is 2.44. The Morgan fingerprint density at radius 3 is 2.21 bits per heavy atom. The number of amides is 1. The van der Waals surface area contributed by atoms with E-state index in [4.69, 9.17) is 0 Å². The van der Waals surface area contributed by atoms with Gasteiger partial charge in [-0.1, -0.05) is 31.5 Å². The number of hydrogen-bond acceptors (Lipinski definition) is 2. The molecule has 3 nitrogen and oxygen atoms in total. The van der Waals surface area contributed by atoms with E-state index >= 15 is 0 Å². The van der Waals surface area contributed by atoms with Crippen LogP contribution in [-0.4, -0.2) is 30.9 Å². The Labute approximate surface area is 117 Å². The molecule has 0 aliphatic carbocycles. The fourth-order valence-corrected chi connectivity index (χ4v) is 2.15. The van der Waals surface area contributed by atoms with Gasteiger partial charge in [0, 0.05) is 11.6 Å². The summed E-state index contributed by atoms with van der Waals surface area (Å²) in [5, 5.41) is 3.00. The van der Waals surface area contributed by atoms with Gasteiger partial charge >= 0.3 is 0 Å². The van der Waals surface area contributed by atoms with Gasteiger partial charge in [0.2, 0.25) is 5.91 Å². The minimum atomic E-state index is 0.168. The molecule has 0 saturated carbocycles. The van der Waals surface area contributed by atoms with Gasteiger partial charge in [0.1, 0.15) is 0 Å². The van der Waals surface area contributed by atoms with E-state index in [1.54, 1.807) is 0 Å². The van der Waals surface area contributed by atoms with Gasteiger partial charge in [-0.2, -0.15) is 0 Å².